The lowest BCUT2D eigenvalue weighted by atomic mass is 10.0. The smallest absolute Gasteiger partial charge is 0.298 e. The summed E-state index contributed by atoms with van der Waals surface area (Å²) in [5, 5.41) is -0.0996. The van der Waals surface area contributed by atoms with Crippen molar-refractivity contribution in [1.82, 2.24) is 9.97 Å². The summed E-state index contributed by atoms with van der Waals surface area (Å²) in [6.07, 6.45) is -2.96. The lowest BCUT2D eigenvalue weighted by molar-refractivity contribution is -0.137. The van der Waals surface area contributed by atoms with E-state index >= 15 is 0 Å². The molecular weight excluding hydrogens is 281 g/mol. The Balaban J connectivity index is 2.60. The van der Waals surface area contributed by atoms with E-state index in [1.807, 2.05) is 0 Å². The van der Waals surface area contributed by atoms with Crippen LogP contribution in [0.1, 0.15) is 15.9 Å². The average Bonchev–Trinajstić information content (AvgIpc) is 2.37. The Hall–Kier alpha value is -1.95. The van der Waals surface area contributed by atoms with Crippen LogP contribution in [0, 0.1) is 0 Å². The second-order valence-corrected chi connectivity index (χ2v) is 3.98. The molecule has 0 aliphatic rings. The Morgan fingerprint density at radius 1 is 1.21 bits per heavy atom. The van der Waals surface area contributed by atoms with Gasteiger partial charge in [-0.05, 0) is 12.1 Å². The van der Waals surface area contributed by atoms with Crippen molar-refractivity contribution >= 4 is 17.9 Å². The van der Waals surface area contributed by atoms with Gasteiger partial charge in [0.2, 0.25) is 0 Å². The molecule has 0 saturated heterocycles. The van der Waals surface area contributed by atoms with E-state index in [0.717, 1.165) is 18.5 Å². The van der Waals surface area contributed by atoms with Crippen LogP contribution >= 0.6 is 11.6 Å². The minimum absolute atomic E-state index is 0.0384. The first kappa shape index (κ1) is 13.5. The maximum Gasteiger partial charge on any atom is 0.416 e. The molecule has 19 heavy (non-hydrogen) atoms. The van der Waals surface area contributed by atoms with E-state index in [1.54, 1.807) is 0 Å². The summed E-state index contributed by atoms with van der Waals surface area (Å²) in [5.41, 5.74) is -0.637. The van der Waals surface area contributed by atoms with Crippen LogP contribution in [-0.2, 0) is 6.18 Å². The van der Waals surface area contributed by atoms with Gasteiger partial charge in [0.05, 0.1) is 16.8 Å². The van der Waals surface area contributed by atoms with Crippen molar-refractivity contribution in [1.29, 1.82) is 0 Å². The first-order valence-corrected chi connectivity index (χ1v) is 5.44. The molecule has 2 aromatic rings. The number of nitrogens with zero attached hydrogens (tertiary/aromatic N) is 2. The quantitative estimate of drug-likeness (QED) is 0.625. The van der Waals surface area contributed by atoms with Gasteiger partial charge in [0.15, 0.2) is 6.29 Å². The van der Waals surface area contributed by atoms with Gasteiger partial charge in [-0.3, -0.25) is 4.79 Å². The van der Waals surface area contributed by atoms with Crippen LogP contribution in [-0.4, -0.2) is 16.3 Å². The van der Waals surface area contributed by atoms with E-state index < -0.39 is 11.7 Å². The van der Waals surface area contributed by atoms with E-state index in [9.17, 15) is 18.0 Å². The van der Waals surface area contributed by atoms with Crippen molar-refractivity contribution in [2.45, 2.75) is 6.18 Å². The molecule has 2 rings (SSSR count). The minimum Gasteiger partial charge on any atom is -0.298 e. The zero-order chi connectivity index (χ0) is 14.0. The molecule has 0 spiro atoms. The van der Waals surface area contributed by atoms with Gasteiger partial charge >= 0.3 is 6.18 Å². The van der Waals surface area contributed by atoms with Crippen LogP contribution in [0.5, 0.6) is 0 Å². The van der Waals surface area contributed by atoms with E-state index in [4.69, 9.17) is 11.6 Å². The Labute approximate surface area is 111 Å². The number of halogens is 4. The standard InChI is InChI=1S/C12H6ClF3N2O/c13-11-9(5-19)10(17-6-18-11)7-2-1-3-8(4-7)12(14,15)16/h1-6H. The normalized spacial score (nSPS) is 11.4. The summed E-state index contributed by atoms with van der Waals surface area (Å²) in [5.74, 6) is 0. The number of benzene rings is 1. The molecule has 7 heteroatoms. The highest BCUT2D eigenvalue weighted by molar-refractivity contribution is 6.32. The molecule has 0 N–H and O–H groups in total. The lowest BCUT2D eigenvalue weighted by Gasteiger charge is -2.09. The molecule has 0 aliphatic carbocycles. The lowest BCUT2D eigenvalue weighted by Crippen LogP contribution is -2.05. The number of hydrogen-bond acceptors (Lipinski definition) is 3. The van der Waals surface area contributed by atoms with E-state index in [1.165, 1.54) is 12.1 Å². The molecule has 0 atom stereocenters. The van der Waals surface area contributed by atoms with Crippen molar-refractivity contribution in [3.8, 4) is 11.3 Å². The summed E-state index contributed by atoms with van der Waals surface area (Å²) < 4.78 is 37.9. The first-order valence-electron chi connectivity index (χ1n) is 5.07. The van der Waals surface area contributed by atoms with Gasteiger partial charge < -0.3 is 0 Å². The fraction of sp³-hybridized carbons (Fsp3) is 0.0833. The zero-order valence-electron chi connectivity index (χ0n) is 9.28. The molecule has 1 heterocycles. The molecule has 0 unspecified atom stereocenters. The third-order valence-corrected chi connectivity index (χ3v) is 2.72. The highest BCUT2D eigenvalue weighted by atomic mass is 35.5. The molecule has 98 valence electrons. The maximum atomic E-state index is 12.6. The van der Waals surface area contributed by atoms with Crippen LogP contribution in [0.2, 0.25) is 5.15 Å². The molecule has 1 aromatic heterocycles. The maximum absolute atomic E-state index is 12.6. The van der Waals surface area contributed by atoms with Crippen molar-refractivity contribution in [2.75, 3.05) is 0 Å². The first-order chi connectivity index (χ1) is 8.93. The van der Waals surface area contributed by atoms with Crippen molar-refractivity contribution in [2.24, 2.45) is 0 Å². The number of aromatic nitrogens is 2. The molecule has 0 fully saturated rings. The third-order valence-electron chi connectivity index (χ3n) is 2.42. The summed E-state index contributed by atoms with van der Waals surface area (Å²) >= 11 is 5.70. The molecule has 0 radical (unpaired) electrons. The number of rotatable bonds is 2. The van der Waals surface area contributed by atoms with Gasteiger partial charge in [-0.2, -0.15) is 13.2 Å². The number of carbonyl (C=O) groups is 1. The monoisotopic (exact) mass is 286 g/mol. The zero-order valence-corrected chi connectivity index (χ0v) is 10.0. The summed E-state index contributed by atoms with van der Waals surface area (Å²) in [6.45, 7) is 0. The minimum atomic E-state index is -4.46. The summed E-state index contributed by atoms with van der Waals surface area (Å²) in [7, 11) is 0. The van der Waals surface area contributed by atoms with Crippen LogP contribution in [0.3, 0.4) is 0 Å². The molecule has 0 aliphatic heterocycles. The Morgan fingerprint density at radius 2 is 1.95 bits per heavy atom. The van der Waals surface area contributed by atoms with Crippen molar-refractivity contribution in [3.63, 3.8) is 0 Å². The molecular formula is C12H6ClF3N2O. The van der Waals surface area contributed by atoms with Crippen LogP contribution < -0.4 is 0 Å². The highest BCUT2D eigenvalue weighted by Gasteiger charge is 2.30. The van der Waals surface area contributed by atoms with E-state index in [-0.39, 0.29) is 22.0 Å². The Bertz CT molecular complexity index is 629. The van der Waals surface area contributed by atoms with E-state index in [2.05, 4.69) is 9.97 Å². The van der Waals surface area contributed by atoms with Gasteiger partial charge in [0, 0.05) is 5.56 Å². The molecule has 0 amide bonds. The van der Waals surface area contributed by atoms with Gasteiger partial charge in [-0.25, -0.2) is 9.97 Å². The Morgan fingerprint density at radius 3 is 2.58 bits per heavy atom. The molecule has 3 nitrogen and oxygen atoms in total. The van der Waals surface area contributed by atoms with Crippen LogP contribution in [0.4, 0.5) is 13.2 Å². The van der Waals surface area contributed by atoms with Crippen molar-refractivity contribution < 1.29 is 18.0 Å². The SMILES string of the molecule is O=Cc1c(Cl)ncnc1-c1cccc(C(F)(F)F)c1. The number of alkyl halides is 3. The van der Waals surface area contributed by atoms with Gasteiger partial charge in [0.25, 0.3) is 0 Å². The van der Waals surface area contributed by atoms with Gasteiger partial charge in [-0.15, -0.1) is 0 Å². The second-order valence-electron chi connectivity index (χ2n) is 3.62. The highest BCUT2D eigenvalue weighted by Crippen LogP contribution is 2.32. The van der Waals surface area contributed by atoms with Gasteiger partial charge in [0.1, 0.15) is 11.5 Å². The van der Waals surface area contributed by atoms with Gasteiger partial charge in [-0.1, -0.05) is 23.7 Å². The second kappa shape index (κ2) is 4.97. The Kier molecular flexibility index (Phi) is 3.53. The summed E-state index contributed by atoms with van der Waals surface area (Å²) in [6, 6.07) is 4.50. The molecule has 0 bridgehead atoms. The van der Waals surface area contributed by atoms with E-state index in [0.29, 0.717) is 6.29 Å². The summed E-state index contributed by atoms with van der Waals surface area (Å²) in [4.78, 5) is 18.3. The fourth-order valence-corrected chi connectivity index (χ4v) is 1.73. The van der Waals surface area contributed by atoms with Crippen LogP contribution in [0.15, 0.2) is 30.6 Å². The average molecular weight is 287 g/mol. The largest absolute Gasteiger partial charge is 0.416 e. The molecule has 1 aromatic carbocycles. The number of hydrogen-bond donors (Lipinski definition) is 0. The van der Waals surface area contributed by atoms with Crippen LogP contribution in [0.25, 0.3) is 11.3 Å². The topological polar surface area (TPSA) is 42.9 Å². The fourth-order valence-electron chi connectivity index (χ4n) is 1.55. The molecule has 0 saturated carbocycles. The van der Waals surface area contributed by atoms with Crippen molar-refractivity contribution in [3.05, 3.63) is 46.9 Å². The number of carbonyl (C=O) groups excluding carboxylic acids is 1. The predicted octanol–water partition coefficient (Wildman–Crippen LogP) is 3.63. The third kappa shape index (κ3) is 2.73. The predicted molar refractivity (Wildman–Crippen MR) is 62.9 cm³/mol. The number of aldehydes is 1.